The highest BCUT2D eigenvalue weighted by Gasteiger charge is 2.29. The smallest absolute Gasteiger partial charge is 0.182 e. The van der Waals surface area contributed by atoms with Crippen LogP contribution in [-0.2, 0) is 11.4 Å². The predicted molar refractivity (Wildman–Crippen MR) is 90.7 cm³/mol. The molecule has 22 heavy (non-hydrogen) atoms. The molecule has 2 rings (SSSR count). The number of pyridine rings is 1. The lowest BCUT2D eigenvalue weighted by molar-refractivity contribution is 0.525. The van der Waals surface area contributed by atoms with Gasteiger partial charge in [-0.1, -0.05) is 10.5 Å². The molecule has 0 N–H and O–H groups in total. The van der Waals surface area contributed by atoms with Crippen molar-refractivity contribution in [2.75, 3.05) is 0 Å². The molecule has 0 spiro atoms. The molecule has 0 aliphatic carbocycles. The average Bonchev–Trinajstić information content (AvgIpc) is 2.82. The Balaban J connectivity index is 2.58. The van der Waals surface area contributed by atoms with Gasteiger partial charge in [-0.2, -0.15) is 0 Å². The minimum atomic E-state index is -1.38. The Hall–Kier alpha value is -1.59. The number of rotatable bonds is 3. The van der Waals surface area contributed by atoms with Crippen molar-refractivity contribution in [1.82, 2.24) is 4.98 Å². The molecule has 1 atom stereocenters. The van der Waals surface area contributed by atoms with Gasteiger partial charge in [0.25, 0.3) is 0 Å². The number of aryl methyl sites for hydroxylation is 3. The van der Waals surface area contributed by atoms with Crippen molar-refractivity contribution in [3.05, 3.63) is 52.7 Å². The van der Waals surface area contributed by atoms with Crippen molar-refractivity contribution in [1.29, 1.82) is 0 Å². The molecule has 0 saturated heterocycles. The van der Waals surface area contributed by atoms with Crippen molar-refractivity contribution >= 4 is 17.1 Å². The Kier molecular flexibility index (Phi) is 4.78. The third-order valence-electron chi connectivity index (χ3n) is 3.11. The highest BCUT2D eigenvalue weighted by atomic mass is 32.2. The maximum atomic E-state index is 12.5. The third-order valence-corrected chi connectivity index (χ3v) is 4.51. The van der Waals surface area contributed by atoms with Crippen LogP contribution in [0.5, 0.6) is 0 Å². The molecule has 4 nitrogen and oxygen atoms in total. The van der Waals surface area contributed by atoms with Gasteiger partial charge in [0, 0.05) is 6.20 Å². The van der Waals surface area contributed by atoms with Gasteiger partial charge >= 0.3 is 0 Å². The van der Waals surface area contributed by atoms with Gasteiger partial charge in [-0.3, -0.25) is 4.98 Å². The van der Waals surface area contributed by atoms with Crippen molar-refractivity contribution in [3.63, 3.8) is 0 Å². The van der Waals surface area contributed by atoms with Gasteiger partial charge in [0.15, 0.2) is 11.5 Å². The molecule has 118 valence electrons. The minimum Gasteiger partial charge on any atom is -0.591 e. The molecule has 5 heteroatoms. The fourth-order valence-corrected chi connectivity index (χ4v) is 2.57. The van der Waals surface area contributed by atoms with Crippen molar-refractivity contribution in [2.45, 2.75) is 46.3 Å². The molecule has 0 aliphatic heterocycles. The predicted octanol–water partition coefficient (Wildman–Crippen LogP) is 3.90. The van der Waals surface area contributed by atoms with E-state index in [1.165, 1.54) is 0 Å². The highest BCUT2D eigenvalue weighted by molar-refractivity contribution is 7.91. The van der Waals surface area contributed by atoms with Crippen molar-refractivity contribution < 1.29 is 8.97 Å². The topological polar surface area (TPSA) is 61.5 Å². The zero-order chi connectivity index (χ0) is 16.5. The van der Waals surface area contributed by atoms with Gasteiger partial charge < -0.3 is 8.97 Å². The molecule has 0 aromatic carbocycles. The van der Waals surface area contributed by atoms with E-state index >= 15 is 0 Å². The van der Waals surface area contributed by atoms with Gasteiger partial charge in [0.1, 0.15) is 21.9 Å². The van der Waals surface area contributed by atoms with Crippen LogP contribution in [0, 0.1) is 20.8 Å². The summed E-state index contributed by atoms with van der Waals surface area (Å²) in [5, 5.41) is 0. The lowest BCUT2D eigenvalue weighted by atomic mass is 10.1. The Labute approximate surface area is 135 Å². The summed E-state index contributed by atoms with van der Waals surface area (Å²) < 4.78 is 22.1. The largest absolute Gasteiger partial charge is 0.591 e. The third kappa shape index (κ3) is 3.78. The van der Waals surface area contributed by atoms with E-state index in [0.717, 1.165) is 16.9 Å². The van der Waals surface area contributed by atoms with E-state index in [4.69, 9.17) is 4.42 Å². The van der Waals surface area contributed by atoms with Crippen LogP contribution in [0.2, 0.25) is 0 Å². The number of furan rings is 1. The second kappa shape index (κ2) is 6.26. The maximum Gasteiger partial charge on any atom is 0.182 e. The number of hydrogen-bond acceptors (Lipinski definition) is 4. The van der Waals surface area contributed by atoms with Crippen LogP contribution in [0.15, 0.2) is 33.2 Å². The highest BCUT2D eigenvalue weighted by Crippen LogP contribution is 2.22. The van der Waals surface area contributed by atoms with E-state index in [1.54, 1.807) is 6.20 Å². The average molecular weight is 318 g/mol. The van der Waals surface area contributed by atoms with Crippen LogP contribution in [0.4, 0.5) is 0 Å². The lowest BCUT2D eigenvalue weighted by Gasteiger charge is -2.19. The molecule has 2 aromatic heterocycles. The summed E-state index contributed by atoms with van der Waals surface area (Å²) in [6.07, 6.45) is 1.79. The first-order valence-electron chi connectivity index (χ1n) is 7.19. The van der Waals surface area contributed by atoms with E-state index in [9.17, 15) is 4.55 Å². The SMILES string of the molecule is Cc1cnc(/C(=N\[S+]([O-])C(C)(C)C)c2ccc(C)o2)c(C)c1. The molecule has 0 bridgehead atoms. The standard InChI is InChI=1S/C17H22N2O2S/c1-11-9-12(2)15(18-10-11)16(14-8-7-13(3)21-14)19-22(20)17(4,5)6/h7-10H,1-6H3/b19-16-. The first-order chi connectivity index (χ1) is 10.2. The monoisotopic (exact) mass is 318 g/mol. The maximum absolute atomic E-state index is 12.5. The molecule has 0 aliphatic rings. The summed E-state index contributed by atoms with van der Waals surface area (Å²) in [6.45, 7) is 11.5. The summed E-state index contributed by atoms with van der Waals surface area (Å²) in [4.78, 5) is 4.47. The summed E-state index contributed by atoms with van der Waals surface area (Å²) in [5.74, 6) is 1.38. The first kappa shape index (κ1) is 16.8. The van der Waals surface area contributed by atoms with Gasteiger partial charge in [-0.15, -0.1) is 0 Å². The van der Waals surface area contributed by atoms with E-state index in [0.29, 0.717) is 17.2 Å². The first-order valence-corrected chi connectivity index (χ1v) is 8.30. The van der Waals surface area contributed by atoms with Crippen molar-refractivity contribution in [2.24, 2.45) is 4.40 Å². The van der Waals surface area contributed by atoms with E-state index in [1.807, 2.05) is 59.7 Å². The van der Waals surface area contributed by atoms with Crippen LogP contribution in [-0.4, -0.2) is 20.0 Å². The van der Waals surface area contributed by atoms with Crippen molar-refractivity contribution in [3.8, 4) is 0 Å². The zero-order valence-electron chi connectivity index (χ0n) is 13.9. The summed E-state index contributed by atoms with van der Waals surface area (Å²) in [6, 6.07) is 5.75. The molecule has 0 fully saturated rings. The molecule has 2 aromatic rings. The second-order valence-electron chi connectivity index (χ2n) is 6.39. The molecular formula is C17H22N2O2S. The molecular weight excluding hydrogens is 296 g/mol. The fourth-order valence-electron chi connectivity index (χ4n) is 1.95. The quantitative estimate of drug-likeness (QED) is 0.637. The van der Waals surface area contributed by atoms with Gasteiger partial charge in [0.05, 0.1) is 5.69 Å². The fraction of sp³-hybridized carbons (Fsp3) is 0.412. The van der Waals surface area contributed by atoms with E-state index in [2.05, 4.69) is 9.38 Å². The van der Waals surface area contributed by atoms with Gasteiger partial charge in [0.2, 0.25) is 0 Å². The van der Waals surface area contributed by atoms with Gasteiger partial charge in [-0.05, 0) is 64.8 Å². The Morgan fingerprint density at radius 1 is 1.23 bits per heavy atom. The molecule has 2 heterocycles. The molecule has 0 saturated carbocycles. The minimum absolute atomic E-state index is 0.439. The Morgan fingerprint density at radius 3 is 2.41 bits per heavy atom. The number of hydrogen-bond donors (Lipinski definition) is 0. The van der Waals surface area contributed by atoms with Crippen LogP contribution >= 0.6 is 0 Å². The summed E-state index contributed by atoms with van der Waals surface area (Å²) >= 11 is -1.38. The van der Waals surface area contributed by atoms with Crippen LogP contribution < -0.4 is 0 Å². The Morgan fingerprint density at radius 2 is 1.91 bits per heavy atom. The zero-order valence-corrected chi connectivity index (χ0v) is 14.7. The lowest BCUT2D eigenvalue weighted by Crippen LogP contribution is -2.27. The van der Waals surface area contributed by atoms with Gasteiger partial charge in [-0.25, -0.2) is 0 Å². The van der Waals surface area contributed by atoms with Crippen LogP contribution in [0.25, 0.3) is 0 Å². The summed E-state index contributed by atoms with van der Waals surface area (Å²) in [5.41, 5.74) is 3.31. The number of nitrogens with zero attached hydrogens (tertiary/aromatic N) is 2. The number of aromatic nitrogens is 1. The molecule has 0 radical (unpaired) electrons. The van der Waals surface area contributed by atoms with Crippen LogP contribution in [0.1, 0.15) is 49.1 Å². The molecule has 1 unspecified atom stereocenters. The summed E-state index contributed by atoms with van der Waals surface area (Å²) in [7, 11) is 0. The second-order valence-corrected chi connectivity index (χ2v) is 8.30. The van der Waals surface area contributed by atoms with E-state index < -0.39 is 16.1 Å². The van der Waals surface area contributed by atoms with E-state index in [-0.39, 0.29) is 0 Å². The molecule has 0 amide bonds. The normalized spacial score (nSPS) is 14.2. The Bertz CT molecular complexity index is 699. The van der Waals surface area contributed by atoms with Crippen LogP contribution in [0.3, 0.4) is 0 Å².